The summed E-state index contributed by atoms with van der Waals surface area (Å²) in [5, 5.41) is 2.90. The topological polar surface area (TPSA) is 55.1 Å². The Hall–Kier alpha value is -1.81. The van der Waals surface area contributed by atoms with E-state index in [1.165, 1.54) is 0 Å². The molecule has 98 valence electrons. The van der Waals surface area contributed by atoms with Crippen LogP contribution in [0.15, 0.2) is 40.9 Å². The van der Waals surface area contributed by atoms with Gasteiger partial charge in [0, 0.05) is 21.4 Å². The van der Waals surface area contributed by atoms with Crippen LogP contribution >= 0.6 is 15.9 Å². The van der Waals surface area contributed by atoms with Gasteiger partial charge in [0.25, 0.3) is 5.91 Å². The molecule has 0 spiro atoms. The van der Waals surface area contributed by atoms with E-state index < -0.39 is 0 Å². The van der Waals surface area contributed by atoms with E-state index >= 15 is 0 Å². The van der Waals surface area contributed by atoms with Crippen LogP contribution < -0.4 is 11.1 Å². The molecule has 0 radical (unpaired) electrons. The van der Waals surface area contributed by atoms with Crippen LogP contribution in [0.25, 0.3) is 0 Å². The second-order valence-corrected chi connectivity index (χ2v) is 5.30. The van der Waals surface area contributed by atoms with Gasteiger partial charge in [0.15, 0.2) is 0 Å². The second-order valence-electron chi connectivity index (χ2n) is 4.44. The summed E-state index contributed by atoms with van der Waals surface area (Å²) in [6.07, 6.45) is 0. The molecule has 0 aromatic heterocycles. The summed E-state index contributed by atoms with van der Waals surface area (Å²) >= 11 is 3.43. The Morgan fingerprint density at radius 3 is 2.68 bits per heavy atom. The highest BCUT2D eigenvalue weighted by molar-refractivity contribution is 9.10. The van der Waals surface area contributed by atoms with E-state index in [2.05, 4.69) is 21.2 Å². The highest BCUT2D eigenvalue weighted by atomic mass is 79.9. The lowest BCUT2D eigenvalue weighted by Crippen LogP contribution is -2.14. The van der Waals surface area contributed by atoms with Crippen LogP contribution in [0, 0.1) is 13.8 Å². The molecule has 2 aromatic rings. The first-order chi connectivity index (χ1) is 8.99. The predicted octanol–water partition coefficient (Wildman–Crippen LogP) is 3.90. The summed E-state index contributed by atoms with van der Waals surface area (Å²) in [6, 6.07) is 11.0. The van der Waals surface area contributed by atoms with Crippen LogP contribution in [-0.2, 0) is 0 Å². The van der Waals surface area contributed by atoms with Crippen molar-refractivity contribution >= 4 is 33.2 Å². The SMILES string of the molecule is Cc1ccc(N)cc1NC(=O)c1cccc(Br)c1C. The molecule has 2 aromatic carbocycles. The van der Waals surface area contributed by atoms with Crippen LogP contribution in [0.3, 0.4) is 0 Å². The Labute approximate surface area is 121 Å². The molecule has 0 bridgehead atoms. The van der Waals surface area contributed by atoms with Crippen molar-refractivity contribution in [1.82, 2.24) is 0 Å². The first kappa shape index (κ1) is 13.6. The molecule has 0 heterocycles. The van der Waals surface area contributed by atoms with Crippen molar-refractivity contribution in [1.29, 1.82) is 0 Å². The monoisotopic (exact) mass is 318 g/mol. The number of benzene rings is 2. The lowest BCUT2D eigenvalue weighted by Gasteiger charge is -2.11. The molecule has 0 saturated heterocycles. The Balaban J connectivity index is 2.31. The molecule has 0 aliphatic rings. The third-order valence-corrected chi connectivity index (χ3v) is 3.88. The molecule has 0 saturated carbocycles. The zero-order valence-corrected chi connectivity index (χ0v) is 12.4. The van der Waals surface area contributed by atoms with E-state index in [4.69, 9.17) is 5.73 Å². The van der Waals surface area contributed by atoms with Gasteiger partial charge in [0.2, 0.25) is 0 Å². The van der Waals surface area contributed by atoms with Gasteiger partial charge in [-0.05, 0) is 49.2 Å². The van der Waals surface area contributed by atoms with Crippen molar-refractivity contribution in [2.75, 3.05) is 11.1 Å². The number of carbonyl (C=O) groups excluding carboxylic acids is 1. The quantitative estimate of drug-likeness (QED) is 0.825. The van der Waals surface area contributed by atoms with Crippen molar-refractivity contribution in [3.05, 3.63) is 57.6 Å². The fourth-order valence-electron chi connectivity index (χ4n) is 1.82. The third-order valence-electron chi connectivity index (χ3n) is 3.02. The van der Waals surface area contributed by atoms with E-state index in [-0.39, 0.29) is 5.91 Å². The molecule has 0 fully saturated rings. The van der Waals surface area contributed by atoms with Crippen LogP contribution in [0.4, 0.5) is 11.4 Å². The standard InChI is InChI=1S/C15H15BrN2O/c1-9-6-7-11(17)8-14(9)18-15(19)12-4-3-5-13(16)10(12)2/h3-8H,17H2,1-2H3,(H,18,19). The molecular formula is C15H15BrN2O. The Morgan fingerprint density at radius 2 is 1.95 bits per heavy atom. The second kappa shape index (κ2) is 5.45. The summed E-state index contributed by atoms with van der Waals surface area (Å²) in [5.41, 5.74) is 9.66. The van der Waals surface area contributed by atoms with Gasteiger partial charge in [-0.2, -0.15) is 0 Å². The zero-order valence-electron chi connectivity index (χ0n) is 10.8. The van der Waals surface area contributed by atoms with Gasteiger partial charge in [-0.3, -0.25) is 4.79 Å². The molecule has 0 unspecified atom stereocenters. The Morgan fingerprint density at radius 1 is 1.21 bits per heavy atom. The minimum absolute atomic E-state index is 0.132. The number of nitrogens with two attached hydrogens (primary N) is 1. The molecular weight excluding hydrogens is 304 g/mol. The molecule has 0 aliphatic carbocycles. The maximum atomic E-state index is 12.3. The van der Waals surface area contributed by atoms with Gasteiger partial charge in [0.1, 0.15) is 0 Å². The lowest BCUT2D eigenvalue weighted by molar-refractivity contribution is 0.102. The zero-order chi connectivity index (χ0) is 14.0. The lowest BCUT2D eigenvalue weighted by atomic mass is 10.1. The Kier molecular flexibility index (Phi) is 3.90. The van der Waals surface area contributed by atoms with E-state index in [0.29, 0.717) is 11.3 Å². The van der Waals surface area contributed by atoms with Gasteiger partial charge in [0.05, 0.1) is 0 Å². The van der Waals surface area contributed by atoms with Crippen molar-refractivity contribution < 1.29 is 4.79 Å². The van der Waals surface area contributed by atoms with E-state index in [9.17, 15) is 4.79 Å². The number of nitrogen functional groups attached to an aromatic ring is 1. The van der Waals surface area contributed by atoms with Gasteiger partial charge in [-0.25, -0.2) is 0 Å². The van der Waals surface area contributed by atoms with Crippen LogP contribution in [-0.4, -0.2) is 5.91 Å². The van der Waals surface area contributed by atoms with Gasteiger partial charge >= 0.3 is 0 Å². The fraction of sp³-hybridized carbons (Fsp3) is 0.133. The van der Waals surface area contributed by atoms with Gasteiger partial charge in [-0.15, -0.1) is 0 Å². The maximum absolute atomic E-state index is 12.3. The average molecular weight is 319 g/mol. The first-order valence-corrected chi connectivity index (χ1v) is 6.71. The van der Waals surface area contributed by atoms with E-state index in [0.717, 1.165) is 21.3 Å². The summed E-state index contributed by atoms with van der Waals surface area (Å²) in [5.74, 6) is -0.132. The largest absolute Gasteiger partial charge is 0.399 e. The average Bonchev–Trinajstić information content (AvgIpc) is 2.37. The minimum Gasteiger partial charge on any atom is -0.399 e. The molecule has 0 aliphatic heterocycles. The van der Waals surface area contributed by atoms with E-state index in [1.807, 2.05) is 38.1 Å². The van der Waals surface area contributed by atoms with Crippen molar-refractivity contribution in [3.8, 4) is 0 Å². The highest BCUT2D eigenvalue weighted by Gasteiger charge is 2.12. The smallest absolute Gasteiger partial charge is 0.255 e. The minimum atomic E-state index is -0.132. The maximum Gasteiger partial charge on any atom is 0.255 e. The van der Waals surface area contributed by atoms with Crippen LogP contribution in [0.2, 0.25) is 0 Å². The molecule has 2 rings (SSSR count). The van der Waals surface area contributed by atoms with Crippen LogP contribution in [0.1, 0.15) is 21.5 Å². The summed E-state index contributed by atoms with van der Waals surface area (Å²) in [6.45, 7) is 3.84. The number of rotatable bonds is 2. The van der Waals surface area contributed by atoms with Crippen molar-refractivity contribution in [3.63, 3.8) is 0 Å². The fourth-order valence-corrected chi connectivity index (χ4v) is 2.18. The Bertz CT molecular complexity index is 638. The van der Waals surface area contributed by atoms with Gasteiger partial charge in [-0.1, -0.05) is 28.1 Å². The molecule has 1 amide bonds. The van der Waals surface area contributed by atoms with E-state index in [1.54, 1.807) is 12.1 Å². The highest BCUT2D eigenvalue weighted by Crippen LogP contribution is 2.22. The normalized spacial score (nSPS) is 10.3. The summed E-state index contributed by atoms with van der Waals surface area (Å²) in [4.78, 5) is 12.3. The van der Waals surface area contributed by atoms with Crippen molar-refractivity contribution in [2.45, 2.75) is 13.8 Å². The molecule has 4 heteroatoms. The number of carbonyl (C=O) groups is 1. The molecule has 3 N–H and O–H groups in total. The summed E-state index contributed by atoms with van der Waals surface area (Å²) in [7, 11) is 0. The molecule has 0 atom stereocenters. The number of amides is 1. The van der Waals surface area contributed by atoms with Crippen LogP contribution in [0.5, 0.6) is 0 Å². The first-order valence-electron chi connectivity index (χ1n) is 5.91. The number of aryl methyl sites for hydroxylation is 1. The summed E-state index contributed by atoms with van der Waals surface area (Å²) < 4.78 is 0.921. The van der Waals surface area contributed by atoms with Crippen molar-refractivity contribution in [2.24, 2.45) is 0 Å². The molecule has 19 heavy (non-hydrogen) atoms. The molecule has 3 nitrogen and oxygen atoms in total. The predicted molar refractivity (Wildman–Crippen MR) is 82.4 cm³/mol. The van der Waals surface area contributed by atoms with Gasteiger partial charge < -0.3 is 11.1 Å². The number of halogens is 1. The number of nitrogens with one attached hydrogen (secondary N) is 1. The third kappa shape index (κ3) is 2.96. The number of anilines is 2. The number of hydrogen-bond donors (Lipinski definition) is 2. The number of hydrogen-bond acceptors (Lipinski definition) is 2.